The molecule has 2 aromatic heterocycles. The average molecular weight is 264 g/mol. The van der Waals surface area contributed by atoms with Gasteiger partial charge in [-0.05, 0) is 5.92 Å². The first-order valence-electron chi connectivity index (χ1n) is 6.38. The number of fused-ring (bicyclic) bond motifs is 1. The van der Waals surface area contributed by atoms with Crippen LogP contribution in [0.3, 0.4) is 0 Å². The van der Waals surface area contributed by atoms with Crippen molar-refractivity contribution in [1.82, 2.24) is 14.6 Å². The van der Waals surface area contributed by atoms with Gasteiger partial charge in [0.05, 0.1) is 18.9 Å². The zero-order chi connectivity index (χ0) is 13.4. The van der Waals surface area contributed by atoms with Gasteiger partial charge in [0.15, 0.2) is 12.0 Å². The molecule has 7 heteroatoms. The third-order valence-electron chi connectivity index (χ3n) is 3.20. The van der Waals surface area contributed by atoms with Crippen molar-refractivity contribution < 1.29 is 13.9 Å². The molecule has 0 radical (unpaired) electrons. The maximum Gasteiger partial charge on any atom is 0.327 e. The molecular weight excluding hydrogens is 248 g/mol. The number of hydrogen-bond donors (Lipinski definition) is 0. The van der Waals surface area contributed by atoms with Crippen molar-refractivity contribution in [2.45, 2.75) is 19.8 Å². The summed E-state index contributed by atoms with van der Waals surface area (Å²) in [6.07, 6.45) is 0.708. The van der Waals surface area contributed by atoms with Gasteiger partial charge in [-0.15, -0.1) is 5.10 Å². The van der Waals surface area contributed by atoms with Crippen molar-refractivity contribution in [3.63, 3.8) is 0 Å². The predicted octanol–water partition coefficient (Wildman–Crippen LogP) is 1.09. The lowest BCUT2D eigenvalue weighted by Crippen LogP contribution is -2.37. The summed E-state index contributed by atoms with van der Waals surface area (Å²) in [5.41, 5.74) is 0.761. The molecule has 3 rings (SSSR count). The Morgan fingerprint density at radius 2 is 2.05 bits per heavy atom. The minimum atomic E-state index is 0.140. The third kappa shape index (κ3) is 1.99. The van der Waals surface area contributed by atoms with Gasteiger partial charge in [0.1, 0.15) is 0 Å². The number of oxazole rings is 1. The molecule has 7 nitrogen and oxygen atoms in total. The second-order valence-corrected chi connectivity index (χ2v) is 4.83. The summed E-state index contributed by atoms with van der Waals surface area (Å²) in [5.74, 6) is 1.44. The van der Waals surface area contributed by atoms with E-state index >= 15 is 0 Å². The SMILES string of the molecule is CC(C)c1c(C=O)oc2nc(N3CCOCC3)nn12. The van der Waals surface area contributed by atoms with Crippen molar-refractivity contribution in [3.05, 3.63) is 11.5 Å². The minimum absolute atomic E-state index is 0.140. The van der Waals surface area contributed by atoms with Crippen molar-refractivity contribution in [1.29, 1.82) is 0 Å². The number of carbonyl (C=O) groups is 1. The fourth-order valence-electron chi connectivity index (χ4n) is 2.28. The summed E-state index contributed by atoms with van der Waals surface area (Å²) in [6, 6.07) is 0. The lowest BCUT2D eigenvalue weighted by molar-refractivity contribution is 0.110. The van der Waals surface area contributed by atoms with Crippen molar-refractivity contribution in [3.8, 4) is 0 Å². The van der Waals surface area contributed by atoms with Crippen molar-refractivity contribution in [2.24, 2.45) is 0 Å². The van der Waals surface area contributed by atoms with E-state index in [1.165, 1.54) is 0 Å². The lowest BCUT2D eigenvalue weighted by Gasteiger charge is -2.25. The molecule has 2 aromatic rings. The van der Waals surface area contributed by atoms with Crippen LogP contribution in [0.25, 0.3) is 5.84 Å². The molecule has 0 atom stereocenters. The first kappa shape index (κ1) is 12.2. The molecule has 0 N–H and O–H groups in total. The van der Waals surface area contributed by atoms with Crippen LogP contribution in [0.2, 0.25) is 0 Å². The fourth-order valence-corrected chi connectivity index (χ4v) is 2.28. The summed E-state index contributed by atoms with van der Waals surface area (Å²) in [5, 5.41) is 4.45. The highest BCUT2D eigenvalue weighted by Gasteiger charge is 2.23. The average Bonchev–Trinajstić information content (AvgIpc) is 2.95. The number of aldehydes is 1. The van der Waals surface area contributed by atoms with Crippen molar-refractivity contribution in [2.75, 3.05) is 31.2 Å². The van der Waals surface area contributed by atoms with Gasteiger partial charge in [-0.1, -0.05) is 13.8 Å². The van der Waals surface area contributed by atoms with E-state index in [4.69, 9.17) is 9.15 Å². The lowest BCUT2D eigenvalue weighted by atomic mass is 10.1. The van der Waals surface area contributed by atoms with Crippen LogP contribution in [-0.4, -0.2) is 47.2 Å². The number of morpholine rings is 1. The number of anilines is 1. The Hall–Kier alpha value is -1.89. The van der Waals surface area contributed by atoms with E-state index in [1.54, 1.807) is 4.52 Å². The van der Waals surface area contributed by atoms with Gasteiger partial charge in [0, 0.05) is 13.1 Å². The van der Waals surface area contributed by atoms with E-state index in [0.717, 1.165) is 18.8 Å². The summed E-state index contributed by atoms with van der Waals surface area (Å²) < 4.78 is 12.4. The highest BCUT2D eigenvalue weighted by molar-refractivity contribution is 5.73. The molecule has 1 saturated heterocycles. The number of carbonyl (C=O) groups excluding carboxylic acids is 1. The number of ether oxygens (including phenoxy) is 1. The van der Waals surface area contributed by atoms with Crippen LogP contribution < -0.4 is 4.90 Å². The first-order chi connectivity index (χ1) is 9.20. The predicted molar refractivity (Wildman–Crippen MR) is 67.8 cm³/mol. The van der Waals surface area contributed by atoms with E-state index in [9.17, 15) is 4.79 Å². The monoisotopic (exact) mass is 264 g/mol. The number of rotatable bonds is 3. The molecule has 102 valence electrons. The maximum atomic E-state index is 11.0. The Morgan fingerprint density at radius 3 is 2.68 bits per heavy atom. The number of aromatic nitrogens is 3. The molecule has 19 heavy (non-hydrogen) atoms. The largest absolute Gasteiger partial charge is 0.419 e. The van der Waals surface area contributed by atoms with Gasteiger partial charge in [0.2, 0.25) is 5.95 Å². The number of nitrogens with zero attached hydrogens (tertiary/aromatic N) is 4. The molecule has 1 fully saturated rings. The normalized spacial score (nSPS) is 16.5. The zero-order valence-electron chi connectivity index (χ0n) is 11.0. The quantitative estimate of drug-likeness (QED) is 0.773. The molecule has 0 amide bonds. The number of hydrogen-bond acceptors (Lipinski definition) is 6. The van der Waals surface area contributed by atoms with E-state index in [2.05, 4.69) is 15.0 Å². The van der Waals surface area contributed by atoms with Crippen LogP contribution in [0.1, 0.15) is 36.0 Å². The van der Waals surface area contributed by atoms with Crippen LogP contribution in [0, 0.1) is 0 Å². The highest BCUT2D eigenvalue weighted by atomic mass is 16.5. The molecule has 0 saturated carbocycles. The fraction of sp³-hybridized carbons (Fsp3) is 0.583. The molecule has 3 heterocycles. The van der Waals surface area contributed by atoms with E-state index < -0.39 is 0 Å². The molecule has 1 aliphatic rings. The standard InChI is InChI=1S/C12H16N4O3/c1-8(2)10-9(7-17)19-12-13-11(14-16(10)12)15-3-5-18-6-4-15/h7-8H,3-6H2,1-2H3. The summed E-state index contributed by atoms with van der Waals surface area (Å²) in [4.78, 5) is 17.4. The Kier molecular flexibility index (Phi) is 2.98. The zero-order valence-corrected chi connectivity index (χ0v) is 11.0. The molecular formula is C12H16N4O3. The Balaban J connectivity index is 2.03. The Labute approximate surface area is 110 Å². The van der Waals surface area contributed by atoms with E-state index in [0.29, 0.717) is 37.1 Å². The van der Waals surface area contributed by atoms with Crippen LogP contribution in [0.4, 0.5) is 5.95 Å². The smallest absolute Gasteiger partial charge is 0.327 e. The van der Waals surface area contributed by atoms with Gasteiger partial charge < -0.3 is 14.1 Å². The van der Waals surface area contributed by atoms with Gasteiger partial charge in [-0.3, -0.25) is 4.79 Å². The molecule has 0 bridgehead atoms. The molecule has 0 spiro atoms. The van der Waals surface area contributed by atoms with Crippen molar-refractivity contribution >= 4 is 18.1 Å². The first-order valence-corrected chi connectivity index (χ1v) is 6.38. The highest BCUT2D eigenvalue weighted by Crippen LogP contribution is 2.23. The topological polar surface area (TPSA) is 72.9 Å². The van der Waals surface area contributed by atoms with E-state index in [1.807, 2.05) is 13.8 Å². The second-order valence-electron chi connectivity index (χ2n) is 4.83. The minimum Gasteiger partial charge on any atom is -0.419 e. The molecule has 0 aromatic carbocycles. The van der Waals surface area contributed by atoms with Crippen LogP contribution >= 0.6 is 0 Å². The molecule has 1 aliphatic heterocycles. The summed E-state index contributed by atoms with van der Waals surface area (Å²) in [6.45, 7) is 6.88. The van der Waals surface area contributed by atoms with Crippen LogP contribution in [0.15, 0.2) is 4.42 Å². The van der Waals surface area contributed by atoms with Gasteiger partial charge in [-0.25, -0.2) is 0 Å². The second kappa shape index (κ2) is 4.65. The summed E-state index contributed by atoms with van der Waals surface area (Å²) in [7, 11) is 0. The maximum absolute atomic E-state index is 11.0. The van der Waals surface area contributed by atoms with Crippen LogP contribution in [0.5, 0.6) is 0 Å². The van der Waals surface area contributed by atoms with Crippen LogP contribution in [-0.2, 0) is 4.74 Å². The Bertz CT molecular complexity index is 595. The molecule has 0 unspecified atom stereocenters. The van der Waals surface area contributed by atoms with Gasteiger partial charge >= 0.3 is 5.84 Å². The van der Waals surface area contributed by atoms with E-state index in [-0.39, 0.29) is 5.92 Å². The summed E-state index contributed by atoms with van der Waals surface area (Å²) >= 11 is 0. The Morgan fingerprint density at radius 1 is 1.32 bits per heavy atom. The van der Waals surface area contributed by atoms with Gasteiger partial charge in [0.25, 0.3) is 0 Å². The van der Waals surface area contributed by atoms with Gasteiger partial charge in [-0.2, -0.15) is 9.50 Å². The third-order valence-corrected chi connectivity index (χ3v) is 3.20. The molecule has 0 aliphatic carbocycles.